The molecule has 152 valence electrons. The summed E-state index contributed by atoms with van der Waals surface area (Å²) in [5.74, 6) is -2.01. The Bertz CT molecular complexity index is 765. The van der Waals surface area contributed by atoms with Crippen LogP contribution in [0, 0.1) is 5.92 Å². The van der Waals surface area contributed by atoms with Crippen molar-refractivity contribution >= 4 is 17.9 Å². The zero-order valence-corrected chi connectivity index (χ0v) is 16.5. The molecule has 0 amide bonds. The van der Waals surface area contributed by atoms with E-state index in [9.17, 15) is 14.4 Å². The molecule has 3 aliphatic rings. The summed E-state index contributed by atoms with van der Waals surface area (Å²) in [7, 11) is 0. The quantitative estimate of drug-likeness (QED) is 0.239. The van der Waals surface area contributed by atoms with Crippen molar-refractivity contribution in [3.8, 4) is 0 Å². The molecule has 0 aromatic heterocycles. The van der Waals surface area contributed by atoms with Crippen LogP contribution in [0.4, 0.5) is 0 Å². The summed E-state index contributed by atoms with van der Waals surface area (Å²) in [5.41, 5.74) is 0.800. The predicted molar refractivity (Wildman–Crippen MR) is 99.0 cm³/mol. The van der Waals surface area contributed by atoms with Gasteiger partial charge in [-0.05, 0) is 32.8 Å². The van der Waals surface area contributed by atoms with Crippen LogP contribution in [0.25, 0.3) is 0 Å². The number of carbonyl (C=O) groups is 3. The highest BCUT2D eigenvalue weighted by Gasteiger charge is 2.60. The maximum absolute atomic E-state index is 12.3. The lowest BCUT2D eigenvalue weighted by molar-refractivity contribution is -0.151. The molecule has 1 aliphatic carbocycles. The number of ether oxygens (including phenoxy) is 4. The topological polar surface area (TPSA) is 91.4 Å². The summed E-state index contributed by atoms with van der Waals surface area (Å²) < 4.78 is 22.3. The van der Waals surface area contributed by atoms with Crippen molar-refractivity contribution in [2.24, 2.45) is 5.92 Å². The number of rotatable bonds is 4. The van der Waals surface area contributed by atoms with Gasteiger partial charge in [-0.1, -0.05) is 18.7 Å². The molecule has 5 unspecified atom stereocenters. The molecule has 0 N–H and O–H groups in total. The van der Waals surface area contributed by atoms with Crippen molar-refractivity contribution in [1.82, 2.24) is 0 Å². The van der Waals surface area contributed by atoms with Gasteiger partial charge in [-0.3, -0.25) is 4.79 Å². The van der Waals surface area contributed by atoms with Crippen molar-refractivity contribution in [2.75, 3.05) is 6.61 Å². The second-order valence-electron chi connectivity index (χ2n) is 7.85. The number of epoxide rings is 1. The van der Waals surface area contributed by atoms with E-state index in [-0.39, 0.29) is 30.3 Å². The van der Waals surface area contributed by atoms with Crippen molar-refractivity contribution in [3.63, 3.8) is 0 Å². The third-order valence-electron chi connectivity index (χ3n) is 5.49. The van der Waals surface area contributed by atoms with Gasteiger partial charge < -0.3 is 18.9 Å². The van der Waals surface area contributed by atoms with E-state index in [4.69, 9.17) is 18.9 Å². The van der Waals surface area contributed by atoms with Crippen LogP contribution in [-0.2, 0) is 33.3 Å². The molecule has 0 aromatic carbocycles. The molecule has 5 atom stereocenters. The first-order valence-electron chi connectivity index (χ1n) is 9.37. The van der Waals surface area contributed by atoms with Crippen LogP contribution in [0.2, 0.25) is 0 Å². The van der Waals surface area contributed by atoms with Gasteiger partial charge in [-0.25, -0.2) is 9.59 Å². The minimum atomic E-state index is -0.750. The molecule has 28 heavy (non-hydrogen) atoms. The van der Waals surface area contributed by atoms with Crippen molar-refractivity contribution in [1.29, 1.82) is 0 Å². The first-order chi connectivity index (χ1) is 13.1. The standard InChI is InChI=1S/C21H26O7/c1-11(2)19(23)27-16-9-21(10-25-14(5)22)17(28-21)7-6-12(3)8-15-18(16)13(4)20(24)26-15/h8,15-18H,1,4,6-7,9-10H2,2-3,5H3. The lowest BCUT2D eigenvalue weighted by Gasteiger charge is -2.29. The van der Waals surface area contributed by atoms with Gasteiger partial charge in [0.15, 0.2) is 0 Å². The Morgan fingerprint density at radius 2 is 2.07 bits per heavy atom. The molecule has 7 nitrogen and oxygen atoms in total. The van der Waals surface area contributed by atoms with Gasteiger partial charge in [-0.2, -0.15) is 0 Å². The molecule has 0 aromatic rings. The van der Waals surface area contributed by atoms with Crippen LogP contribution < -0.4 is 0 Å². The van der Waals surface area contributed by atoms with Gasteiger partial charge in [0.25, 0.3) is 0 Å². The largest absolute Gasteiger partial charge is 0.463 e. The van der Waals surface area contributed by atoms with Gasteiger partial charge in [0, 0.05) is 24.5 Å². The zero-order chi connectivity index (χ0) is 20.6. The van der Waals surface area contributed by atoms with Gasteiger partial charge in [0.05, 0.1) is 12.0 Å². The summed E-state index contributed by atoms with van der Waals surface area (Å²) in [6, 6.07) is 0. The van der Waals surface area contributed by atoms with Crippen molar-refractivity contribution in [2.45, 2.75) is 63.9 Å². The van der Waals surface area contributed by atoms with Gasteiger partial charge >= 0.3 is 17.9 Å². The van der Waals surface area contributed by atoms with Crippen molar-refractivity contribution < 1.29 is 33.3 Å². The fourth-order valence-corrected chi connectivity index (χ4v) is 3.88. The van der Waals surface area contributed by atoms with E-state index in [0.717, 1.165) is 18.4 Å². The Labute approximate surface area is 164 Å². The maximum atomic E-state index is 12.3. The van der Waals surface area contributed by atoms with Gasteiger partial charge in [0.1, 0.15) is 24.4 Å². The molecular weight excluding hydrogens is 364 g/mol. The normalized spacial score (nSPS) is 34.3. The fourth-order valence-electron chi connectivity index (χ4n) is 3.88. The maximum Gasteiger partial charge on any atom is 0.334 e. The molecule has 2 fully saturated rings. The highest BCUT2D eigenvalue weighted by Crippen LogP contribution is 2.48. The number of esters is 3. The number of fused-ring (bicyclic) bond motifs is 2. The van der Waals surface area contributed by atoms with Crippen LogP contribution in [0.3, 0.4) is 0 Å². The monoisotopic (exact) mass is 390 g/mol. The minimum Gasteiger partial charge on any atom is -0.463 e. The van der Waals surface area contributed by atoms with E-state index < -0.39 is 41.6 Å². The molecule has 0 saturated carbocycles. The molecule has 2 saturated heterocycles. The first-order valence-corrected chi connectivity index (χ1v) is 9.37. The van der Waals surface area contributed by atoms with E-state index in [0.29, 0.717) is 0 Å². The summed E-state index contributed by atoms with van der Waals surface area (Å²) in [5, 5.41) is 0. The predicted octanol–water partition coefficient (Wildman–Crippen LogP) is 2.40. The highest BCUT2D eigenvalue weighted by atomic mass is 16.6. The lowest BCUT2D eigenvalue weighted by atomic mass is 9.82. The average Bonchev–Trinajstić information content (AvgIpc) is 3.22. The van der Waals surface area contributed by atoms with Gasteiger partial charge in [-0.15, -0.1) is 0 Å². The highest BCUT2D eigenvalue weighted by molar-refractivity contribution is 5.91. The fraction of sp³-hybridized carbons (Fsp3) is 0.571. The van der Waals surface area contributed by atoms with Crippen LogP contribution in [0.5, 0.6) is 0 Å². The van der Waals surface area contributed by atoms with Crippen LogP contribution in [-0.4, -0.2) is 48.4 Å². The molecule has 2 aliphatic heterocycles. The van der Waals surface area contributed by atoms with E-state index in [1.54, 1.807) is 6.92 Å². The second-order valence-corrected chi connectivity index (χ2v) is 7.85. The smallest absolute Gasteiger partial charge is 0.334 e. The Kier molecular flexibility index (Phi) is 5.48. The molecule has 7 heteroatoms. The third kappa shape index (κ3) is 4.04. The molecule has 2 heterocycles. The second kappa shape index (κ2) is 7.54. The minimum absolute atomic E-state index is 0.0650. The molecule has 3 rings (SSSR count). The van der Waals surface area contributed by atoms with E-state index in [1.165, 1.54) is 6.92 Å². The SMILES string of the molecule is C=C(C)C(=O)OC1CC2(COC(C)=O)OC2CCC(C)=CC2OC(=O)C(=C)C21. The number of hydrogen-bond acceptors (Lipinski definition) is 7. The van der Waals surface area contributed by atoms with E-state index in [1.807, 2.05) is 13.0 Å². The Balaban J connectivity index is 1.95. The number of allylic oxidation sites excluding steroid dienone is 1. The Morgan fingerprint density at radius 1 is 1.36 bits per heavy atom. The van der Waals surface area contributed by atoms with E-state index >= 15 is 0 Å². The number of hydrogen-bond donors (Lipinski definition) is 0. The van der Waals surface area contributed by atoms with Crippen molar-refractivity contribution in [3.05, 3.63) is 36.0 Å². The summed E-state index contributed by atoms with van der Waals surface area (Å²) in [6.07, 6.45) is 2.24. The van der Waals surface area contributed by atoms with Crippen LogP contribution in [0.1, 0.15) is 40.0 Å². The average molecular weight is 390 g/mol. The van der Waals surface area contributed by atoms with Crippen LogP contribution in [0.15, 0.2) is 36.0 Å². The molecule has 0 radical (unpaired) electrons. The lowest BCUT2D eigenvalue weighted by Crippen LogP contribution is -2.39. The van der Waals surface area contributed by atoms with Gasteiger partial charge in [0.2, 0.25) is 0 Å². The molecule has 0 spiro atoms. The Hall–Kier alpha value is -2.41. The summed E-state index contributed by atoms with van der Waals surface area (Å²) >= 11 is 0. The van der Waals surface area contributed by atoms with E-state index in [2.05, 4.69) is 13.2 Å². The zero-order valence-electron chi connectivity index (χ0n) is 16.5. The Morgan fingerprint density at radius 3 is 2.71 bits per heavy atom. The van der Waals surface area contributed by atoms with Crippen LogP contribution >= 0.6 is 0 Å². The summed E-state index contributed by atoms with van der Waals surface area (Å²) in [6.45, 7) is 12.4. The number of carbonyl (C=O) groups excluding carboxylic acids is 3. The molecular formula is C21H26O7. The first kappa shape index (κ1) is 20.3. The molecule has 0 bridgehead atoms. The summed E-state index contributed by atoms with van der Waals surface area (Å²) in [4.78, 5) is 35.8. The third-order valence-corrected chi connectivity index (χ3v) is 5.49.